The molecule has 0 aliphatic rings. The van der Waals surface area contributed by atoms with Crippen molar-refractivity contribution in [3.05, 3.63) is 30.0 Å². The molecule has 16 heavy (non-hydrogen) atoms. The quantitative estimate of drug-likeness (QED) is 0.618. The van der Waals surface area contributed by atoms with Gasteiger partial charge in [-0.05, 0) is 40.6 Å². The van der Waals surface area contributed by atoms with Crippen LogP contribution in [0.1, 0.15) is 25.5 Å². The molecule has 3 aromatic rings. The van der Waals surface area contributed by atoms with Gasteiger partial charge in [-0.1, -0.05) is 13.8 Å². The summed E-state index contributed by atoms with van der Waals surface area (Å²) in [6.07, 6.45) is 0. The van der Waals surface area contributed by atoms with Gasteiger partial charge in [-0.25, -0.2) is 0 Å². The first-order valence-electron chi connectivity index (χ1n) is 5.23. The summed E-state index contributed by atoms with van der Waals surface area (Å²) in [6.45, 7) is 4.26. The average molecular weight is 213 g/mol. The fourth-order valence-electron chi connectivity index (χ4n) is 1.73. The van der Waals surface area contributed by atoms with Gasteiger partial charge in [-0.3, -0.25) is 4.98 Å². The van der Waals surface area contributed by atoms with Crippen molar-refractivity contribution in [3.63, 3.8) is 0 Å². The predicted molar refractivity (Wildman–Crippen MR) is 60.2 cm³/mol. The first-order chi connectivity index (χ1) is 7.75. The Morgan fingerprint density at radius 1 is 1.12 bits per heavy atom. The van der Waals surface area contributed by atoms with E-state index in [1.54, 1.807) is 4.52 Å². The molecular formula is C11H11N5. The molecule has 0 N–H and O–H groups in total. The maximum absolute atomic E-state index is 4.59. The van der Waals surface area contributed by atoms with E-state index in [-0.39, 0.29) is 0 Å². The Kier molecular flexibility index (Phi) is 1.86. The van der Waals surface area contributed by atoms with E-state index in [9.17, 15) is 0 Å². The molecule has 0 aliphatic heterocycles. The minimum absolute atomic E-state index is 0.425. The van der Waals surface area contributed by atoms with Crippen LogP contribution in [0.4, 0.5) is 0 Å². The van der Waals surface area contributed by atoms with Gasteiger partial charge >= 0.3 is 0 Å². The van der Waals surface area contributed by atoms with Crippen LogP contribution >= 0.6 is 0 Å². The fraction of sp³-hybridized carbons (Fsp3) is 0.273. The van der Waals surface area contributed by atoms with Crippen molar-refractivity contribution < 1.29 is 0 Å². The van der Waals surface area contributed by atoms with E-state index in [1.807, 2.05) is 24.3 Å². The highest BCUT2D eigenvalue weighted by Crippen LogP contribution is 2.17. The van der Waals surface area contributed by atoms with E-state index in [1.165, 1.54) is 0 Å². The van der Waals surface area contributed by atoms with E-state index in [2.05, 4.69) is 34.4 Å². The molecule has 5 nitrogen and oxygen atoms in total. The first kappa shape index (κ1) is 9.21. The minimum atomic E-state index is 0.425. The molecule has 3 aromatic heterocycles. The summed E-state index contributed by atoms with van der Waals surface area (Å²) >= 11 is 0. The molecule has 0 amide bonds. The van der Waals surface area contributed by atoms with Crippen molar-refractivity contribution in [1.82, 2.24) is 25.0 Å². The monoisotopic (exact) mass is 213 g/mol. The molecule has 0 saturated carbocycles. The van der Waals surface area contributed by atoms with Crippen molar-refractivity contribution in [1.29, 1.82) is 0 Å². The third-order valence-corrected chi connectivity index (χ3v) is 2.63. The third kappa shape index (κ3) is 1.25. The van der Waals surface area contributed by atoms with Crippen LogP contribution in [-0.2, 0) is 0 Å². The standard InChI is InChI=1S/C11H11N5/c1-7(2)8-3-5-10-9(12-8)4-6-11-13-14-15-16(10)11/h3-7H,1-2H3. The summed E-state index contributed by atoms with van der Waals surface area (Å²) in [5.74, 6) is 0.425. The lowest BCUT2D eigenvalue weighted by Crippen LogP contribution is -1.96. The molecular weight excluding hydrogens is 202 g/mol. The van der Waals surface area contributed by atoms with E-state index < -0.39 is 0 Å². The van der Waals surface area contributed by atoms with Gasteiger partial charge in [0, 0.05) is 5.69 Å². The van der Waals surface area contributed by atoms with E-state index in [0.29, 0.717) is 5.92 Å². The van der Waals surface area contributed by atoms with Gasteiger partial charge < -0.3 is 0 Å². The summed E-state index contributed by atoms with van der Waals surface area (Å²) in [4.78, 5) is 4.59. The maximum Gasteiger partial charge on any atom is 0.180 e. The number of pyridine rings is 2. The SMILES string of the molecule is CC(C)c1ccc2c(ccc3nnnn32)n1. The van der Waals surface area contributed by atoms with Gasteiger partial charge in [-0.2, -0.15) is 4.52 Å². The summed E-state index contributed by atoms with van der Waals surface area (Å²) in [5.41, 5.74) is 3.68. The number of aromatic nitrogens is 5. The van der Waals surface area contributed by atoms with E-state index >= 15 is 0 Å². The summed E-state index contributed by atoms with van der Waals surface area (Å²) in [5, 5.41) is 11.5. The molecule has 3 rings (SSSR count). The van der Waals surface area contributed by atoms with Crippen molar-refractivity contribution in [2.24, 2.45) is 0 Å². The van der Waals surface area contributed by atoms with Gasteiger partial charge in [0.1, 0.15) is 0 Å². The molecule has 0 radical (unpaired) electrons. The highest BCUT2D eigenvalue weighted by atomic mass is 15.5. The Hall–Kier alpha value is -2.04. The van der Waals surface area contributed by atoms with Crippen LogP contribution in [0.5, 0.6) is 0 Å². The zero-order chi connectivity index (χ0) is 11.1. The zero-order valence-electron chi connectivity index (χ0n) is 9.12. The summed E-state index contributed by atoms with van der Waals surface area (Å²) < 4.78 is 1.70. The Balaban J connectivity index is 2.37. The molecule has 80 valence electrons. The van der Waals surface area contributed by atoms with Gasteiger partial charge in [0.25, 0.3) is 0 Å². The van der Waals surface area contributed by atoms with Crippen LogP contribution < -0.4 is 0 Å². The second kappa shape index (κ2) is 3.23. The van der Waals surface area contributed by atoms with Crippen molar-refractivity contribution in [2.75, 3.05) is 0 Å². The average Bonchev–Trinajstić information content (AvgIpc) is 2.76. The molecule has 0 fully saturated rings. The number of hydrogen-bond acceptors (Lipinski definition) is 4. The molecule has 5 heteroatoms. The number of rotatable bonds is 1. The first-order valence-corrected chi connectivity index (χ1v) is 5.23. The smallest absolute Gasteiger partial charge is 0.180 e. The molecule has 0 unspecified atom stereocenters. The summed E-state index contributed by atoms with van der Waals surface area (Å²) in [6, 6.07) is 7.86. The third-order valence-electron chi connectivity index (χ3n) is 2.63. The predicted octanol–water partition coefficient (Wildman–Crippen LogP) is 1.80. The Morgan fingerprint density at radius 3 is 2.81 bits per heavy atom. The molecule has 0 saturated heterocycles. The van der Waals surface area contributed by atoms with Gasteiger partial charge in [0.15, 0.2) is 5.65 Å². The second-order valence-electron chi connectivity index (χ2n) is 4.08. The van der Waals surface area contributed by atoms with Crippen LogP contribution in [0.25, 0.3) is 16.7 Å². The van der Waals surface area contributed by atoms with E-state index in [4.69, 9.17) is 0 Å². The van der Waals surface area contributed by atoms with Crippen molar-refractivity contribution in [2.45, 2.75) is 19.8 Å². The summed E-state index contributed by atoms with van der Waals surface area (Å²) in [7, 11) is 0. The van der Waals surface area contributed by atoms with Gasteiger partial charge in [-0.15, -0.1) is 5.10 Å². The molecule has 0 atom stereocenters. The normalized spacial score (nSPS) is 11.7. The highest BCUT2D eigenvalue weighted by Gasteiger charge is 2.06. The van der Waals surface area contributed by atoms with Crippen LogP contribution in [0.3, 0.4) is 0 Å². The zero-order valence-corrected chi connectivity index (χ0v) is 9.12. The van der Waals surface area contributed by atoms with E-state index in [0.717, 1.165) is 22.4 Å². The maximum atomic E-state index is 4.59. The van der Waals surface area contributed by atoms with Crippen LogP contribution in [-0.4, -0.2) is 25.0 Å². The van der Waals surface area contributed by atoms with Crippen LogP contribution in [0, 0.1) is 0 Å². The minimum Gasteiger partial charge on any atom is -0.251 e. The van der Waals surface area contributed by atoms with Crippen molar-refractivity contribution >= 4 is 16.7 Å². The molecule has 0 aromatic carbocycles. The highest BCUT2D eigenvalue weighted by molar-refractivity contribution is 5.77. The Morgan fingerprint density at radius 2 is 2.00 bits per heavy atom. The van der Waals surface area contributed by atoms with Gasteiger partial charge in [0.05, 0.1) is 11.0 Å². The molecule has 0 aliphatic carbocycles. The molecule has 0 bridgehead atoms. The van der Waals surface area contributed by atoms with Gasteiger partial charge in [0.2, 0.25) is 0 Å². The lowest BCUT2D eigenvalue weighted by Gasteiger charge is -2.05. The lowest BCUT2D eigenvalue weighted by molar-refractivity contribution is 0.822. The number of hydrogen-bond donors (Lipinski definition) is 0. The molecule has 3 heterocycles. The van der Waals surface area contributed by atoms with Crippen molar-refractivity contribution in [3.8, 4) is 0 Å². The number of fused-ring (bicyclic) bond motifs is 3. The fourth-order valence-corrected chi connectivity index (χ4v) is 1.73. The Bertz CT molecular complexity index is 656. The molecule has 0 spiro atoms. The van der Waals surface area contributed by atoms with Crippen LogP contribution in [0.15, 0.2) is 24.3 Å². The topological polar surface area (TPSA) is 56.0 Å². The lowest BCUT2D eigenvalue weighted by atomic mass is 10.1. The largest absolute Gasteiger partial charge is 0.251 e. The second-order valence-corrected chi connectivity index (χ2v) is 4.08. The Labute approximate surface area is 92.1 Å². The number of nitrogens with zero attached hydrogens (tertiary/aromatic N) is 5. The number of tetrazole rings is 1. The van der Waals surface area contributed by atoms with Crippen LogP contribution in [0.2, 0.25) is 0 Å².